The highest BCUT2D eigenvalue weighted by molar-refractivity contribution is 5.88. The fourth-order valence-corrected chi connectivity index (χ4v) is 12.4. The topological polar surface area (TPSA) is 23.6 Å². The van der Waals surface area contributed by atoms with Crippen molar-refractivity contribution in [3.05, 3.63) is 71.6 Å². The number of likely N-dealkylation sites (tertiary alicyclic amines) is 2. The Morgan fingerprint density at radius 3 is 1.40 bits per heavy atom. The van der Waals surface area contributed by atoms with Gasteiger partial charge in [-0.3, -0.25) is 4.79 Å². The molecule has 0 amide bonds. The van der Waals surface area contributed by atoms with Crippen molar-refractivity contribution in [2.24, 2.45) is 29.1 Å². The van der Waals surface area contributed by atoms with Gasteiger partial charge in [0.05, 0.1) is 5.41 Å². The van der Waals surface area contributed by atoms with Gasteiger partial charge in [0.25, 0.3) is 0 Å². The Labute approximate surface area is 361 Å². The minimum Gasteiger partial charge on any atom is -0.365 e. The van der Waals surface area contributed by atoms with Crippen molar-refractivity contribution in [3.8, 4) is 0 Å². The third-order valence-electron chi connectivity index (χ3n) is 17.0. The van der Waals surface area contributed by atoms with Crippen molar-refractivity contribution in [1.82, 2.24) is 9.80 Å². The average molecular weight is 799 g/mol. The van der Waals surface area contributed by atoms with Crippen LogP contribution in [0.15, 0.2) is 54.9 Å². The predicted octanol–water partition coefficient (Wildman–Crippen LogP) is 15.6. The molecular formula is C55H94N2O. The van der Waals surface area contributed by atoms with Gasteiger partial charge < -0.3 is 9.80 Å². The summed E-state index contributed by atoms with van der Waals surface area (Å²) in [6.07, 6.45) is 11.4. The third-order valence-corrected chi connectivity index (χ3v) is 17.0. The van der Waals surface area contributed by atoms with E-state index in [-0.39, 0.29) is 38.9 Å². The standard InChI is InChI=1S/C55H94N2O/c1-23-28-29-55(35-43-31-46(49(13,14)15)34-47(32-43)50(16,17)18,40(10)30-44-36-51(19,24-2)56(38(6)7)53(21,26-4)41(44)11)48(58)33-45-37-52(20,25-3)57(39(8)9)54(22,27-5)42(45)12/h31-32,34,41-42,44-45H,6,8,10,23-30,33,35-37H2,1-5,7,9,11-22H3. The number of hydrogen-bond acceptors (Lipinski definition) is 3. The number of unbranched alkanes of at least 4 members (excludes halogenated alkanes) is 1. The van der Waals surface area contributed by atoms with Crippen LogP contribution in [0, 0.1) is 29.1 Å². The van der Waals surface area contributed by atoms with E-state index < -0.39 is 5.41 Å². The molecule has 0 radical (unpaired) electrons. The van der Waals surface area contributed by atoms with E-state index in [1.807, 2.05) is 0 Å². The molecule has 0 N–H and O–H groups in total. The first-order chi connectivity index (χ1) is 26.5. The van der Waals surface area contributed by atoms with Crippen molar-refractivity contribution < 1.29 is 4.79 Å². The number of rotatable bonds is 17. The Bertz CT molecular complexity index is 1530. The van der Waals surface area contributed by atoms with Crippen LogP contribution in [0.4, 0.5) is 0 Å². The van der Waals surface area contributed by atoms with Crippen LogP contribution in [-0.2, 0) is 22.0 Å². The van der Waals surface area contributed by atoms with E-state index in [2.05, 4.69) is 173 Å². The van der Waals surface area contributed by atoms with Gasteiger partial charge >= 0.3 is 0 Å². The van der Waals surface area contributed by atoms with E-state index >= 15 is 4.79 Å². The lowest BCUT2D eigenvalue weighted by Gasteiger charge is -2.63. The zero-order chi connectivity index (χ0) is 44.6. The number of Topliss-reactive ketones (excluding diaryl/α,β-unsaturated/α-hetero) is 1. The molecule has 2 saturated heterocycles. The molecule has 3 rings (SSSR count). The van der Waals surface area contributed by atoms with Gasteiger partial charge in [-0.2, -0.15) is 0 Å². The summed E-state index contributed by atoms with van der Waals surface area (Å²) in [4.78, 5) is 21.5. The summed E-state index contributed by atoms with van der Waals surface area (Å²) in [5.41, 5.74) is 6.69. The van der Waals surface area contributed by atoms with Gasteiger partial charge in [0, 0.05) is 40.0 Å². The van der Waals surface area contributed by atoms with Gasteiger partial charge in [-0.15, -0.1) is 0 Å². The molecule has 0 aromatic heterocycles. The minimum absolute atomic E-state index is 0.00526. The summed E-state index contributed by atoms with van der Waals surface area (Å²) in [6, 6.07) is 7.32. The molecular weight excluding hydrogens is 705 g/mol. The van der Waals surface area contributed by atoms with Crippen LogP contribution in [0.5, 0.6) is 0 Å². The van der Waals surface area contributed by atoms with Gasteiger partial charge in [-0.1, -0.05) is 146 Å². The molecule has 58 heavy (non-hydrogen) atoms. The van der Waals surface area contributed by atoms with Crippen molar-refractivity contribution in [2.45, 2.75) is 242 Å². The summed E-state index contributed by atoms with van der Waals surface area (Å²) < 4.78 is 0. The molecule has 9 unspecified atom stereocenters. The highest BCUT2D eigenvalue weighted by Crippen LogP contribution is 2.55. The van der Waals surface area contributed by atoms with Gasteiger partial charge in [0.15, 0.2) is 0 Å². The molecule has 2 heterocycles. The van der Waals surface area contributed by atoms with E-state index in [4.69, 9.17) is 6.58 Å². The second-order valence-electron chi connectivity index (χ2n) is 23.0. The van der Waals surface area contributed by atoms with E-state index in [0.29, 0.717) is 30.0 Å². The normalized spacial score (nSPS) is 31.8. The number of carbonyl (C=O) groups is 1. The van der Waals surface area contributed by atoms with Crippen LogP contribution >= 0.6 is 0 Å². The van der Waals surface area contributed by atoms with E-state index in [9.17, 15) is 0 Å². The van der Waals surface area contributed by atoms with Gasteiger partial charge in [0.1, 0.15) is 5.78 Å². The predicted molar refractivity (Wildman–Crippen MR) is 256 cm³/mol. The molecule has 1 aromatic rings. The third kappa shape index (κ3) is 9.44. The Morgan fingerprint density at radius 1 is 0.672 bits per heavy atom. The molecule has 330 valence electrons. The lowest BCUT2D eigenvalue weighted by atomic mass is 9.58. The number of allylic oxidation sites excluding steroid dienone is 3. The maximum Gasteiger partial charge on any atom is 0.143 e. The Balaban J connectivity index is 2.32. The number of carbonyl (C=O) groups excluding carboxylic acids is 1. The zero-order valence-corrected chi connectivity index (χ0v) is 42.0. The van der Waals surface area contributed by atoms with E-state index in [1.165, 1.54) is 28.0 Å². The SMILES string of the molecule is C=C(C)N1C(C)(CC)CC(CC(=C)C(CCCC)(Cc2cc(C(C)(C)C)cc(C(C)(C)C)c2)C(=O)CC2CC(C)(CC)N(C(=C)C)C(C)(CC)C2C)C(C)C1(C)CC. The summed E-state index contributed by atoms with van der Waals surface area (Å²) >= 11 is 0. The Hall–Kier alpha value is -2.29. The van der Waals surface area contributed by atoms with Crippen molar-refractivity contribution in [1.29, 1.82) is 0 Å². The number of piperidine rings is 2. The molecule has 3 nitrogen and oxygen atoms in total. The first-order valence-electron chi connectivity index (χ1n) is 23.8. The molecule has 0 bridgehead atoms. The first kappa shape index (κ1) is 50.1. The molecule has 2 fully saturated rings. The number of nitrogens with zero attached hydrogens (tertiary/aromatic N) is 2. The molecule has 2 aliphatic heterocycles. The fourth-order valence-electron chi connectivity index (χ4n) is 12.4. The molecule has 0 spiro atoms. The molecule has 1 aromatic carbocycles. The largest absolute Gasteiger partial charge is 0.365 e. The first-order valence-corrected chi connectivity index (χ1v) is 23.8. The monoisotopic (exact) mass is 799 g/mol. The number of ketones is 1. The smallest absolute Gasteiger partial charge is 0.143 e. The summed E-state index contributed by atoms with van der Waals surface area (Å²) in [5.74, 6) is 1.90. The molecule has 0 aliphatic carbocycles. The lowest BCUT2D eigenvalue weighted by Crippen LogP contribution is -2.65. The zero-order valence-electron chi connectivity index (χ0n) is 42.0. The van der Waals surface area contributed by atoms with Gasteiger partial charge in [0.2, 0.25) is 0 Å². The van der Waals surface area contributed by atoms with Crippen molar-refractivity contribution in [3.63, 3.8) is 0 Å². The van der Waals surface area contributed by atoms with Crippen LogP contribution in [0.2, 0.25) is 0 Å². The number of benzene rings is 1. The minimum atomic E-state index is -0.644. The van der Waals surface area contributed by atoms with Crippen LogP contribution in [0.3, 0.4) is 0 Å². The Kier molecular flexibility index (Phi) is 15.5. The molecule has 3 heteroatoms. The fraction of sp³-hybridized carbons (Fsp3) is 0.764. The van der Waals surface area contributed by atoms with Gasteiger partial charge in [-0.25, -0.2) is 0 Å². The number of hydrogen-bond donors (Lipinski definition) is 0. The van der Waals surface area contributed by atoms with Crippen molar-refractivity contribution >= 4 is 5.78 Å². The highest BCUT2D eigenvalue weighted by Gasteiger charge is 2.56. The van der Waals surface area contributed by atoms with Crippen LogP contribution < -0.4 is 0 Å². The molecule has 2 aliphatic rings. The molecule has 0 saturated carbocycles. The van der Waals surface area contributed by atoms with E-state index in [0.717, 1.165) is 76.3 Å². The van der Waals surface area contributed by atoms with Crippen LogP contribution in [-0.4, -0.2) is 37.7 Å². The summed E-state index contributed by atoms with van der Waals surface area (Å²) in [5, 5.41) is 0. The summed E-state index contributed by atoms with van der Waals surface area (Å²) in [7, 11) is 0. The van der Waals surface area contributed by atoms with E-state index in [1.54, 1.807) is 0 Å². The van der Waals surface area contributed by atoms with Crippen molar-refractivity contribution in [2.75, 3.05) is 0 Å². The average Bonchev–Trinajstić information content (AvgIpc) is 3.12. The lowest BCUT2D eigenvalue weighted by molar-refractivity contribution is -0.134. The summed E-state index contributed by atoms with van der Waals surface area (Å²) in [6.45, 7) is 59.0. The maximum absolute atomic E-state index is 16.1. The van der Waals surface area contributed by atoms with Crippen LogP contribution in [0.25, 0.3) is 0 Å². The van der Waals surface area contributed by atoms with Crippen LogP contribution in [0.1, 0.15) is 219 Å². The second-order valence-corrected chi connectivity index (χ2v) is 23.0. The Morgan fingerprint density at radius 2 is 1.07 bits per heavy atom. The molecule has 9 atom stereocenters. The highest BCUT2D eigenvalue weighted by atomic mass is 16.1. The van der Waals surface area contributed by atoms with Gasteiger partial charge in [-0.05, 0) is 151 Å². The second kappa shape index (κ2) is 18.0. The quantitative estimate of drug-likeness (QED) is 0.147. The maximum atomic E-state index is 16.1.